The third kappa shape index (κ3) is 2.93. The molecule has 9 heteroatoms. The molecule has 0 unspecified atom stereocenters. The zero-order chi connectivity index (χ0) is 17.4. The van der Waals surface area contributed by atoms with Crippen LogP contribution >= 0.6 is 0 Å². The van der Waals surface area contributed by atoms with Crippen LogP contribution in [0.5, 0.6) is 0 Å². The molecule has 1 aliphatic heterocycles. The van der Waals surface area contributed by atoms with Crippen LogP contribution < -0.4 is 5.73 Å². The molecule has 1 aliphatic rings. The molecular weight excluding hydrogens is 318 g/mol. The molecule has 0 bridgehead atoms. The Hall–Kier alpha value is -2.58. The summed E-state index contributed by atoms with van der Waals surface area (Å²) >= 11 is 0. The van der Waals surface area contributed by atoms with E-state index in [2.05, 4.69) is 15.1 Å². The molecule has 24 heavy (non-hydrogen) atoms. The average Bonchev–Trinajstić information content (AvgIpc) is 2.82. The lowest BCUT2D eigenvalue weighted by Crippen LogP contribution is -2.37. The number of fused-ring (bicyclic) bond motifs is 1. The van der Waals surface area contributed by atoms with Gasteiger partial charge in [0.15, 0.2) is 0 Å². The van der Waals surface area contributed by atoms with Crippen molar-refractivity contribution in [3.05, 3.63) is 34.4 Å². The summed E-state index contributed by atoms with van der Waals surface area (Å²) in [7, 11) is 0. The lowest BCUT2D eigenvalue weighted by Gasteiger charge is -2.28. The Kier molecular flexibility index (Phi) is 4.16. The van der Waals surface area contributed by atoms with Crippen LogP contribution in [0.2, 0.25) is 0 Å². The smallest absolute Gasteiger partial charge is 0.333 e. The van der Waals surface area contributed by atoms with Crippen molar-refractivity contribution >= 4 is 11.9 Å². The Labute approximate surface area is 137 Å². The first-order chi connectivity index (χ1) is 11.4. The minimum atomic E-state index is -2.71. The molecule has 2 aromatic rings. The van der Waals surface area contributed by atoms with Crippen LogP contribution in [0.15, 0.2) is 6.20 Å². The molecular formula is C15H18F2N6O. The molecule has 0 spiro atoms. The number of alkyl halides is 2. The molecule has 0 radical (unpaired) electrons. The van der Waals surface area contributed by atoms with Gasteiger partial charge in [0.05, 0.1) is 24.4 Å². The largest absolute Gasteiger partial charge is 0.368 e. The molecule has 2 aromatic heterocycles. The second kappa shape index (κ2) is 6.14. The van der Waals surface area contributed by atoms with E-state index in [9.17, 15) is 13.6 Å². The molecule has 0 atom stereocenters. The van der Waals surface area contributed by atoms with Gasteiger partial charge in [-0.3, -0.25) is 4.79 Å². The fourth-order valence-corrected chi connectivity index (χ4v) is 2.94. The number of rotatable bonds is 3. The number of halogens is 2. The van der Waals surface area contributed by atoms with Crippen LogP contribution in [0.4, 0.5) is 14.7 Å². The molecule has 0 fully saturated rings. The van der Waals surface area contributed by atoms with E-state index < -0.39 is 6.55 Å². The summed E-state index contributed by atoms with van der Waals surface area (Å²) in [5.41, 5.74) is 8.62. The first kappa shape index (κ1) is 16.3. The Bertz CT molecular complexity index is 789. The predicted octanol–water partition coefficient (Wildman–Crippen LogP) is 1.39. The van der Waals surface area contributed by atoms with Gasteiger partial charge in [-0.2, -0.15) is 13.9 Å². The number of carbonyl (C=O) groups is 1. The number of aryl methyl sites for hydroxylation is 1. The molecule has 7 nitrogen and oxygen atoms in total. The van der Waals surface area contributed by atoms with E-state index in [1.807, 2.05) is 0 Å². The Balaban J connectivity index is 1.77. The second-order valence-corrected chi connectivity index (χ2v) is 5.81. The van der Waals surface area contributed by atoms with Crippen molar-refractivity contribution in [2.45, 2.75) is 39.8 Å². The molecule has 3 heterocycles. The first-order valence-corrected chi connectivity index (χ1v) is 7.57. The summed E-state index contributed by atoms with van der Waals surface area (Å²) in [6.07, 6.45) is 2.37. The molecule has 0 aliphatic carbocycles. The average molecular weight is 336 g/mol. The van der Waals surface area contributed by atoms with Crippen LogP contribution in [0, 0.1) is 13.8 Å². The minimum Gasteiger partial charge on any atom is -0.368 e. The van der Waals surface area contributed by atoms with Crippen molar-refractivity contribution in [2.24, 2.45) is 0 Å². The lowest BCUT2D eigenvalue weighted by molar-refractivity contribution is -0.131. The number of nitrogens with zero attached hydrogens (tertiary/aromatic N) is 5. The maximum absolute atomic E-state index is 12.9. The van der Waals surface area contributed by atoms with E-state index in [0.717, 1.165) is 11.3 Å². The van der Waals surface area contributed by atoms with E-state index in [1.54, 1.807) is 24.9 Å². The van der Waals surface area contributed by atoms with Gasteiger partial charge in [0.2, 0.25) is 11.9 Å². The van der Waals surface area contributed by atoms with E-state index >= 15 is 0 Å². The molecule has 0 saturated carbocycles. The van der Waals surface area contributed by atoms with Gasteiger partial charge in [-0.15, -0.1) is 0 Å². The van der Waals surface area contributed by atoms with Crippen LogP contribution in [0.3, 0.4) is 0 Å². The highest BCUT2D eigenvalue weighted by atomic mass is 19.3. The Morgan fingerprint density at radius 1 is 1.42 bits per heavy atom. The maximum Gasteiger partial charge on any atom is 0.333 e. The predicted molar refractivity (Wildman–Crippen MR) is 82.2 cm³/mol. The molecule has 0 aromatic carbocycles. The highest BCUT2D eigenvalue weighted by Gasteiger charge is 2.25. The zero-order valence-electron chi connectivity index (χ0n) is 13.5. The number of nitrogen functional groups attached to an aromatic ring is 1. The van der Waals surface area contributed by atoms with Crippen LogP contribution in [0.1, 0.15) is 34.8 Å². The van der Waals surface area contributed by atoms with E-state index in [4.69, 9.17) is 5.73 Å². The summed E-state index contributed by atoms with van der Waals surface area (Å²) in [6.45, 7) is 1.36. The minimum absolute atomic E-state index is 0.0420. The van der Waals surface area contributed by atoms with Gasteiger partial charge in [0.1, 0.15) is 0 Å². The van der Waals surface area contributed by atoms with Gasteiger partial charge in [0.25, 0.3) is 0 Å². The van der Waals surface area contributed by atoms with Gasteiger partial charge in [-0.1, -0.05) is 0 Å². The Morgan fingerprint density at radius 2 is 2.17 bits per heavy atom. The van der Waals surface area contributed by atoms with Gasteiger partial charge in [-0.25, -0.2) is 14.6 Å². The molecule has 1 amide bonds. The van der Waals surface area contributed by atoms with Crippen molar-refractivity contribution in [2.75, 3.05) is 12.3 Å². The standard InChI is InChI=1S/C15H18F2N6O/c1-8-11(9(2)23(21-8)14(16)17)5-13(24)22-4-3-10-6-19-15(18)20-12(10)7-22/h6,14H,3-5,7H2,1-2H3,(H2,18,19,20). The van der Waals surface area contributed by atoms with Gasteiger partial charge in [0, 0.05) is 24.0 Å². The normalized spacial score (nSPS) is 14.1. The summed E-state index contributed by atoms with van der Waals surface area (Å²) in [6, 6.07) is 0. The van der Waals surface area contributed by atoms with E-state index in [0.29, 0.717) is 41.1 Å². The fourth-order valence-electron chi connectivity index (χ4n) is 2.94. The van der Waals surface area contributed by atoms with Gasteiger partial charge >= 0.3 is 6.55 Å². The third-order valence-electron chi connectivity index (χ3n) is 4.30. The van der Waals surface area contributed by atoms with Gasteiger partial charge < -0.3 is 10.6 Å². The quantitative estimate of drug-likeness (QED) is 0.915. The molecule has 2 N–H and O–H groups in total. The highest BCUT2D eigenvalue weighted by molar-refractivity contribution is 5.79. The summed E-state index contributed by atoms with van der Waals surface area (Å²) in [5, 5.41) is 3.81. The van der Waals surface area contributed by atoms with Crippen molar-refractivity contribution in [3.63, 3.8) is 0 Å². The topological polar surface area (TPSA) is 89.9 Å². The molecule has 0 saturated heterocycles. The molecule has 128 valence electrons. The van der Waals surface area contributed by atoms with Crippen molar-refractivity contribution < 1.29 is 13.6 Å². The summed E-state index contributed by atoms with van der Waals surface area (Å²) in [4.78, 5) is 22.4. The zero-order valence-corrected chi connectivity index (χ0v) is 13.5. The number of anilines is 1. The van der Waals surface area contributed by atoms with Crippen molar-refractivity contribution in [3.8, 4) is 0 Å². The third-order valence-corrected chi connectivity index (χ3v) is 4.30. The van der Waals surface area contributed by atoms with E-state index in [-0.39, 0.29) is 18.3 Å². The fraction of sp³-hybridized carbons (Fsp3) is 0.467. The maximum atomic E-state index is 12.9. The SMILES string of the molecule is Cc1nn(C(F)F)c(C)c1CC(=O)N1CCc2cnc(N)nc2C1. The van der Waals surface area contributed by atoms with Crippen LogP contribution in [-0.4, -0.2) is 37.1 Å². The van der Waals surface area contributed by atoms with Gasteiger partial charge in [-0.05, 0) is 25.8 Å². The number of nitrogens with two attached hydrogens (primary N) is 1. The number of hydrogen-bond acceptors (Lipinski definition) is 5. The van der Waals surface area contributed by atoms with Crippen LogP contribution in [0.25, 0.3) is 0 Å². The first-order valence-electron chi connectivity index (χ1n) is 7.57. The number of carbonyl (C=O) groups excluding carboxylic acids is 1. The van der Waals surface area contributed by atoms with E-state index in [1.165, 1.54) is 0 Å². The van der Waals surface area contributed by atoms with Crippen molar-refractivity contribution in [1.82, 2.24) is 24.6 Å². The number of amides is 1. The lowest BCUT2D eigenvalue weighted by atomic mass is 10.0. The summed E-state index contributed by atoms with van der Waals surface area (Å²) in [5.74, 6) is 0.0331. The second-order valence-electron chi connectivity index (χ2n) is 5.81. The number of hydrogen-bond donors (Lipinski definition) is 1. The molecule has 3 rings (SSSR count). The highest BCUT2D eigenvalue weighted by Crippen LogP contribution is 2.22. The van der Waals surface area contributed by atoms with Crippen molar-refractivity contribution in [1.29, 1.82) is 0 Å². The summed E-state index contributed by atoms with van der Waals surface area (Å²) < 4.78 is 26.4. The number of aromatic nitrogens is 4. The monoisotopic (exact) mass is 336 g/mol. The van der Waals surface area contributed by atoms with Crippen LogP contribution in [-0.2, 0) is 24.2 Å². The Morgan fingerprint density at radius 3 is 2.83 bits per heavy atom.